The number of methoxy groups -OCH3 is 1. The third-order valence-corrected chi connectivity index (χ3v) is 3.45. The van der Waals surface area contributed by atoms with Gasteiger partial charge >= 0.3 is 0 Å². The lowest BCUT2D eigenvalue weighted by molar-refractivity contribution is 0.135. The van der Waals surface area contributed by atoms with E-state index in [-0.39, 0.29) is 0 Å². The number of nitrogens with one attached hydrogen (secondary N) is 1. The number of hydrogen-bond donors (Lipinski definition) is 1. The maximum atomic E-state index is 5.03. The zero-order valence-electron chi connectivity index (χ0n) is 10.5. The van der Waals surface area contributed by atoms with Crippen LogP contribution in [0.5, 0.6) is 0 Å². The highest BCUT2D eigenvalue weighted by atomic mass is 16.5. The zero-order valence-corrected chi connectivity index (χ0v) is 10.5. The van der Waals surface area contributed by atoms with Gasteiger partial charge in [0.25, 0.3) is 0 Å². The van der Waals surface area contributed by atoms with E-state index >= 15 is 0 Å². The van der Waals surface area contributed by atoms with Gasteiger partial charge in [-0.1, -0.05) is 6.92 Å². The van der Waals surface area contributed by atoms with Crippen LogP contribution in [0.1, 0.15) is 26.2 Å². The molecule has 0 atom stereocenters. The first-order valence-corrected chi connectivity index (χ1v) is 6.04. The molecule has 0 aliphatic carbocycles. The predicted molar refractivity (Wildman–Crippen MR) is 64.2 cm³/mol. The summed E-state index contributed by atoms with van der Waals surface area (Å²) in [6.07, 6.45) is 3.76. The average molecular weight is 214 g/mol. The van der Waals surface area contributed by atoms with E-state index in [1.165, 1.54) is 25.9 Å². The minimum Gasteiger partial charge on any atom is -0.385 e. The van der Waals surface area contributed by atoms with Gasteiger partial charge in [0, 0.05) is 20.3 Å². The van der Waals surface area contributed by atoms with Crippen molar-refractivity contribution in [1.29, 1.82) is 0 Å². The van der Waals surface area contributed by atoms with Gasteiger partial charge in [0.1, 0.15) is 0 Å². The van der Waals surface area contributed by atoms with Gasteiger partial charge in [-0.2, -0.15) is 0 Å². The molecule has 90 valence electrons. The quantitative estimate of drug-likeness (QED) is 0.675. The molecule has 0 radical (unpaired) electrons. The van der Waals surface area contributed by atoms with Crippen LogP contribution in [0.2, 0.25) is 0 Å². The van der Waals surface area contributed by atoms with E-state index in [4.69, 9.17) is 4.74 Å². The summed E-state index contributed by atoms with van der Waals surface area (Å²) in [5.74, 6) is 0. The molecule has 1 aliphatic rings. The van der Waals surface area contributed by atoms with E-state index in [1.807, 2.05) is 0 Å². The second-order valence-corrected chi connectivity index (χ2v) is 5.14. The number of likely N-dealkylation sites (tertiary alicyclic amines) is 1. The largest absolute Gasteiger partial charge is 0.385 e. The van der Waals surface area contributed by atoms with Gasteiger partial charge in [-0.05, 0) is 51.4 Å². The topological polar surface area (TPSA) is 24.5 Å². The van der Waals surface area contributed by atoms with Crippen molar-refractivity contribution in [3.63, 3.8) is 0 Å². The molecule has 1 N–H and O–H groups in total. The Morgan fingerprint density at radius 1 is 1.33 bits per heavy atom. The Kier molecular flexibility index (Phi) is 5.58. The van der Waals surface area contributed by atoms with Crippen LogP contribution in [-0.4, -0.2) is 51.8 Å². The number of nitrogens with zero attached hydrogens (tertiary/aromatic N) is 1. The summed E-state index contributed by atoms with van der Waals surface area (Å²) < 4.78 is 5.03. The van der Waals surface area contributed by atoms with Gasteiger partial charge in [0.15, 0.2) is 0 Å². The van der Waals surface area contributed by atoms with E-state index < -0.39 is 0 Å². The standard InChI is InChI=1S/C12H26N2O/c1-12(5-8-14(2)9-6-12)11-13-7-4-10-15-3/h13H,4-11H2,1-3H3. The fourth-order valence-electron chi connectivity index (χ4n) is 2.07. The van der Waals surface area contributed by atoms with E-state index in [9.17, 15) is 0 Å². The van der Waals surface area contributed by atoms with Crippen LogP contribution < -0.4 is 5.32 Å². The molecule has 1 saturated heterocycles. The van der Waals surface area contributed by atoms with Crippen LogP contribution in [-0.2, 0) is 4.74 Å². The van der Waals surface area contributed by atoms with Crippen molar-refractivity contribution in [1.82, 2.24) is 10.2 Å². The predicted octanol–water partition coefficient (Wildman–Crippen LogP) is 1.34. The molecule has 0 aromatic heterocycles. The Morgan fingerprint density at radius 2 is 2.00 bits per heavy atom. The highest BCUT2D eigenvalue weighted by Crippen LogP contribution is 2.29. The molecule has 0 amide bonds. The van der Waals surface area contributed by atoms with E-state index in [1.54, 1.807) is 7.11 Å². The van der Waals surface area contributed by atoms with Gasteiger partial charge in [-0.15, -0.1) is 0 Å². The maximum Gasteiger partial charge on any atom is 0.0474 e. The number of rotatable bonds is 6. The van der Waals surface area contributed by atoms with Crippen LogP contribution in [0.15, 0.2) is 0 Å². The second kappa shape index (κ2) is 6.46. The smallest absolute Gasteiger partial charge is 0.0474 e. The third-order valence-electron chi connectivity index (χ3n) is 3.45. The second-order valence-electron chi connectivity index (χ2n) is 5.14. The maximum absolute atomic E-state index is 5.03. The van der Waals surface area contributed by atoms with Crippen molar-refractivity contribution in [3.8, 4) is 0 Å². The molecule has 0 aromatic rings. The summed E-state index contributed by atoms with van der Waals surface area (Å²) in [6.45, 7) is 8.01. The molecule has 0 bridgehead atoms. The summed E-state index contributed by atoms with van der Waals surface area (Å²) in [4.78, 5) is 2.42. The van der Waals surface area contributed by atoms with E-state index in [2.05, 4.69) is 24.2 Å². The Labute approximate surface area is 94.2 Å². The Bertz CT molecular complexity index is 165. The molecule has 0 unspecified atom stereocenters. The molecule has 0 aromatic carbocycles. The van der Waals surface area contributed by atoms with Gasteiger partial charge in [0.2, 0.25) is 0 Å². The highest BCUT2D eigenvalue weighted by molar-refractivity contribution is 4.83. The summed E-state index contributed by atoms with van der Waals surface area (Å²) in [5, 5.41) is 3.55. The highest BCUT2D eigenvalue weighted by Gasteiger charge is 2.27. The van der Waals surface area contributed by atoms with Gasteiger partial charge < -0.3 is 15.0 Å². The van der Waals surface area contributed by atoms with Gasteiger partial charge in [-0.3, -0.25) is 0 Å². The first-order chi connectivity index (χ1) is 7.16. The molecule has 1 aliphatic heterocycles. The zero-order chi connectivity index (χ0) is 11.1. The molecule has 15 heavy (non-hydrogen) atoms. The lowest BCUT2D eigenvalue weighted by atomic mass is 9.80. The minimum absolute atomic E-state index is 0.513. The molecular formula is C12H26N2O. The van der Waals surface area contributed by atoms with Crippen LogP contribution in [0.3, 0.4) is 0 Å². The van der Waals surface area contributed by atoms with Crippen molar-refractivity contribution in [2.75, 3.05) is 46.9 Å². The van der Waals surface area contributed by atoms with Crippen molar-refractivity contribution in [3.05, 3.63) is 0 Å². The summed E-state index contributed by atoms with van der Waals surface area (Å²) in [6, 6.07) is 0. The molecule has 1 heterocycles. The SMILES string of the molecule is COCCCNCC1(C)CCN(C)CC1. The average Bonchev–Trinajstić information content (AvgIpc) is 2.23. The summed E-state index contributed by atoms with van der Waals surface area (Å²) in [7, 11) is 3.98. The lowest BCUT2D eigenvalue weighted by Gasteiger charge is -2.38. The van der Waals surface area contributed by atoms with Crippen LogP contribution in [0.4, 0.5) is 0 Å². The number of ether oxygens (including phenoxy) is 1. The van der Waals surface area contributed by atoms with Crippen molar-refractivity contribution >= 4 is 0 Å². The van der Waals surface area contributed by atoms with Crippen LogP contribution in [0.25, 0.3) is 0 Å². The first-order valence-electron chi connectivity index (χ1n) is 6.04. The van der Waals surface area contributed by atoms with Gasteiger partial charge in [-0.25, -0.2) is 0 Å². The lowest BCUT2D eigenvalue weighted by Crippen LogP contribution is -2.42. The first kappa shape index (κ1) is 12.9. The van der Waals surface area contributed by atoms with Crippen molar-refractivity contribution in [2.45, 2.75) is 26.2 Å². The Hall–Kier alpha value is -0.120. The van der Waals surface area contributed by atoms with Crippen molar-refractivity contribution in [2.24, 2.45) is 5.41 Å². The Morgan fingerprint density at radius 3 is 2.60 bits per heavy atom. The minimum atomic E-state index is 0.513. The van der Waals surface area contributed by atoms with Crippen molar-refractivity contribution < 1.29 is 4.74 Å². The molecule has 0 saturated carbocycles. The van der Waals surface area contributed by atoms with Crippen LogP contribution >= 0.6 is 0 Å². The van der Waals surface area contributed by atoms with Crippen LogP contribution in [0, 0.1) is 5.41 Å². The van der Waals surface area contributed by atoms with Gasteiger partial charge in [0.05, 0.1) is 0 Å². The molecule has 1 rings (SSSR count). The Balaban J connectivity index is 2.08. The number of hydrogen-bond acceptors (Lipinski definition) is 3. The fraction of sp³-hybridized carbons (Fsp3) is 1.00. The normalized spacial score (nSPS) is 21.8. The van der Waals surface area contributed by atoms with E-state index in [0.29, 0.717) is 5.41 Å². The fourth-order valence-corrected chi connectivity index (χ4v) is 2.07. The molecule has 1 fully saturated rings. The summed E-state index contributed by atoms with van der Waals surface area (Å²) >= 11 is 0. The molecule has 3 nitrogen and oxygen atoms in total. The molecule has 0 spiro atoms. The number of piperidine rings is 1. The summed E-state index contributed by atoms with van der Waals surface area (Å²) in [5.41, 5.74) is 0.513. The molecule has 3 heteroatoms. The monoisotopic (exact) mass is 214 g/mol. The van der Waals surface area contributed by atoms with E-state index in [0.717, 1.165) is 26.1 Å². The third kappa shape index (κ3) is 4.96. The molecular weight excluding hydrogens is 188 g/mol.